The van der Waals surface area contributed by atoms with Crippen molar-refractivity contribution in [2.45, 2.75) is 31.3 Å². The Morgan fingerprint density at radius 3 is 2.43 bits per heavy atom. The Labute approximate surface area is 165 Å². The smallest absolute Gasteiger partial charge is 0.264 e. The van der Waals surface area contributed by atoms with Gasteiger partial charge in [-0.05, 0) is 37.1 Å². The van der Waals surface area contributed by atoms with Crippen molar-refractivity contribution in [3.8, 4) is 5.75 Å². The summed E-state index contributed by atoms with van der Waals surface area (Å²) in [5.41, 5.74) is 2.82. The Morgan fingerprint density at radius 2 is 1.75 bits per heavy atom. The van der Waals surface area contributed by atoms with Crippen molar-refractivity contribution in [2.24, 2.45) is 0 Å². The van der Waals surface area contributed by atoms with E-state index >= 15 is 0 Å². The number of ether oxygens (including phenoxy) is 1. The molecule has 0 spiro atoms. The molecule has 2 heterocycles. The summed E-state index contributed by atoms with van der Waals surface area (Å²) in [5, 5.41) is 0. The monoisotopic (exact) mass is 400 g/mol. The first kappa shape index (κ1) is 19.0. The third-order valence-electron chi connectivity index (χ3n) is 5.42. The van der Waals surface area contributed by atoms with Gasteiger partial charge in [0.05, 0.1) is 4.90 Å². The third kappa shape index (κ3) is 3.40. The van der Waals surface area contributed by atoms with Crippen LogP contribution in [-0.2, 0) is 21.2 Å². The highest BCUT2D eigenvalue weighted by Gasteiger charge is 2.36. The van der Waals surface area contributed by atoms with Crippen molar-refractivity contribution < 1.29 is 17.9 Å². The molecule has 0 saturated carbocycles. The Morgan fingerprint density at radius 1 is 1.04 bits per heavy atom. The Bertz CT molecular complexity index is 986. The first-order chi connectivity index (χ1) is 13.4. The number of aryl methyl sites for hydroxylation is 2. The van der Waals surface area contributed by atoms with Crippen molar-refractivity contribution in [1.82, 2.24) is 9.21 Å². The molecular formula is C21H24N2O4S. The van der Waals surface area contributed by atoms with E-state index < -0.39 is 16.1 Å². The molecule has 0 aromatic heterocycles. The molecule has 1 saturated heterocycles. The van der Waals surface area contributed by atoms with Gasteiger partial charge in [0.25, 0.3) is 5.91 Å². The summed E-state index contributed by atoms with van der Waals surface area (Å²) in [6.45, 7) is 5.09. The van der Waals surface area contributed by atoms with Crippen molar-refractivity contribution in [3.05, 3.63) is 59.2 Å². The Balaban J connectivity index is 1.41. The van der Waals surface area contributed by atoms with E-state index in [1.807, 2.05) is 50.2 Å². The Kier molecular flexibility index (Phi) is 4.89. The molecule has 148 valence electrons. The molecule has 0 aliphatic carbocycles. The predicted molar refractivity (Wildman–Crippen MR) is 106 cm³/mol. The lowest BCUT2D eigenvalue weighted by molar-refractivity contribution is -0.139. The number of hydrogen-bond acceptors (Lipinski definition) is 4. The van der Waals surface area contributed by atoms with Gasteiger partial charge in [0, 0.05) is 32.6 Å². The number of benzene rings is 2. The van der Waals surface area contributed by atoms with E-state index in [1.165, 1.54) is 4.31 Å². The van der Waals surface area contributed by atoms with Crippen LogP contribution in [0.4, 0.5) is 0 Å². The van der Waals surface area contributed by atoms with E-state index in [1.54, 1.807) is 11.0 Å². The fourth-order valence-corrected chi connectivity index (χ4v) is 5.53. The number of fused-ring (bicyclic) bond motifs is 1. The van der Waals surface area contributed by atoms with Crippen molar-refractivity contribution >= 4 is 15.9 Å². The first-order valence-corrected chi connectivity index (χ1v) is 10.9. The number of rotatable bonds is 3. The number of sulfonamides is 1. The van der Waals surface area contributed by atoms with Crippen LogP contribution in [0.25, 0.3) is 0 Å². The first-order valence-electron chi connectivity index (χ1n) is 9.47. The Hall–Kier alpha value is -2.38. The van der Waals surface area contributed by atoms with E-state index in [2.05, 4.69) is 0 Å². The molecule has 1 atom stereocenters. The molecule has 0 radical (unpaired) electrons. The lowest BCUT2D eigenvalue weighted by atomic mass is 10.1. The molecule has 6 nitrogen and oxygen atoms in total. The van der Waals surface area contributed by atoms with Crippen LogP contribution in [0.15, 0.2) is 47.4 Å². The second-order valence-corrected chi connectivity index (χ2v) is 9.32. The minimum atomic E-state index is -3.56. The highest BCUT2D eigenvalue weighted by molar-refractivity contribution is 7.89. The molecule has 4 rings (SSSR count). The number of piperazine rings is 1. The van der Waals surface area contributed by atoms with Gasteiger partial charge in [-0.2, -0.15) is 4.31 Å². The molecule has 1 fully saturated rings. The maximum Gasteiger partial charge on any atom is 0.264 e. The fourth-order valence-electron chi connectivity index (χ4n) is 3.90. The third-order valence-corrected chi connectivity index (χ3v) is 7.48. The lowest BCUT2D eigenvalue weighted by Crippen LogP contribution is -2.53. The van der Waals surface area contributed by atoms with Crippen LogP contribution in [0.3, 0.4) is 0 Å². The molecule has 0 unspecified atom stereocenters. The van der Waals surface area contributed by atoms with E-state index in [4.69, 9.17) is 4.74 Å². The van der Waals surface area contributed by atoms with Crippen LogP contribution >= 0.6 is 0 Å². The number of hydrogen-bond donors (Lipinski definition) is 0. The highest BCUT2D eigenvalue weighted by Crippen LogP contribution is 2.29. The van der Waals surface area contributed by atoms with Crippen LogP contribution in [0.2, 0.25) is 0 Å². The van der Waals surface area contributed by atoms with Gasteiger partial charge in [-0.3, -0.25) is 4.79 Å². The number of carbonyl (C=O) groups is 1. The normalized spacial score (nSPS) is 19.9. The summed E-state index contributed by atoms with van der Waals surface area (Å²) in [5.74, 6) is 0.691. The molecule has 2 aromatic carbocycles. The standard InChI is InChI=1S/C21H24N2O4S/c1-15-7-8-20(16(2)13-15)28(25,26)23-11-9-22(10-12-23)21(24)19-14-17-5-3-4-6-18(17)27-19/h3-8,13,19H,9-12,14H2,1-2H3/t19-/m0/s1. The quantitative estimate of drug-likeness (QED) is 0.792. The van der Waals surface area contributed by atoms with Gasteiger partial charge in [-0.15, -0.1) is 0 Å². The summed E-state index contributed by atoms with van der Waals surface area (Å²) in [7, 11) is -3.56. The van der Waals surface area contributed by atoms with Gasteiger partial charge in [-0.1, -0.05) is 35.9 Å². The highest BCUT2D eigenvalue weighted by atomic mass is 32.2. The van der Waals surface area contributed by atoms with E-state index in [-0.39, 0.29) is 5.91 Å². The van der Waals surface area contributed by atoms with Crippen LogP contribution in [0.1, 0.15) is 16.7 Å². The number of amides is 1. The largest absolute Gasteiger partial charge is 0.480 e. The van der Waals surface area contributed by atoms with Crippen molar-refractivity contribution in [3.63, 3.8) is 0 Å². The van der Waals surface area contributed by atoms with Crippen LogP contribution in [0, 0.1) is 13.8 Å². The van der Waals surface area contributed by atoms with Crippen LogP contribution < -0.4 is 4.74 Å². The van der Waals surface area contributed by atoms with Gasteiger partial charge >= 0.3 is 0 Å². The maximum atomic E-state index is 13.0. The second-order valence-electron chi connectivity index (χ2n) is 7.42. The zero-order valence-electron chi connectivity index (χ0n) is 16.1. The summed E-state index contributed by atoms with van der Waals surface area (Å²) in [6, 6.07) is 13.0. The lowest BCUT2D eigenvalue weighted by Gasteiger charge is -2.35. The average molecular weight is 401 g/mol. The fraction of sp³-hybridized carbons (Fsp3) is 0.381. The molecular weight excluding hydrogens is 376 g/mol. The van der Waals surface area contributed by atoms with Gasteiger partial charge in [0.1, 0.15) is 5.75 Å². The zero-order valence-corrected chi connectivity index (χ0v) is 16.9. The number of nitrogens with zero attached hydrogens (tertiary/aromatic N) is 2. The number of carbonyl (C=O) groups excluding carboxylic acids is 1. The topological polar surface area (TPSA) is 66.9 Å². The molecule has 0 N–H and O–H groups in total. The van der Waals surface area contributed by atoms with Crippen molar-refractivity contribution in [2.75, 3.05) is 26.2 Å². The van der Waals surface area contributed by atoms with Crippen LogP contribution in [-0.4, -0.2) is 55.8 Å². The molecule has 2 aliphatic rings. The maximum absolute atomic E-state index is 13.0. The molecule has 0 bridgehead atoms. The van der Waals surface area contributed by atoms with Gasteiger partial charge in [-0.25, -0.2) is 8.42 Å². The second kappa shape index (κ2) is 7.22. The zero-order chi connectivity index (χ0) is 19.9. The average Bonchev–Trinajstić information content (AvgIpc) is 3.11. The van der Waals surface area contributed by atoms with Gasteiger partial charge < -0.3 is 9.64 Å². The predicted octanol–water partition coefficient (Wildman–Crippen LogP) is 2.14. The van der Waals surface area contributed by atoms with Gasteiger partial charge in [0.2, 0.25) is 10.0 Å². The van der Waals surface area contributed by atoms with Gasteiger partial charge in [0.15, 0.2) is 6.10 Å². The summed E-state index contributed by atoms with van der Waals surface area (Å²) in [6.07, 6.45) is 0.0516. The van der Waals surface area contributed by atoms with Crippen molar-refractivity contribution in [1.29, 1.82) is 0 Å². The minimum absolute atomic E-state index is 0.0697. The summed E-state index contributed by atoms with van der Waals surface area (Å²) in [4.78, 5) is 14.9. The van der Waals surface area contributed by atoms with E-state index in [0.29, 0.717) is 37.5 Å². The molecule has 1 amide bonds. The summed E-state index contributed by atoms with van der Waals surface area (Å²) < 4.78 is 33.3. The molecule has 28 heavy (non-hydrogen) atoms. The van der Waals surface area contributed by atoms with E-state index in [9.17, 15) is 13.2 Å². The van der Waals surface area contributed by atoms with Crippen LogP contribution in [0.5, 0.6) is 5.75 Å². The molecule has 7 heteroatoms. The molecule has 2 aliphatic heterocycles. The minimum Gasteiger partial charge on any atom is -0.480 e. The molecule has 2 aromatic rings. The SMILES string of the molecule is Cc1ccc(S(=O)(=O)N2CCN(C(=O)[C@@H]3Cc4ccccc4O3)CC2)c(C)c1. The van der Waals surface area contributed by atoms with E-state index in [0.717, 1.165) is 22.4 Å². The number of para-hydroxylation sites is 1. The summed E-state index contributed by atoms with van der Waals surface area (Å²) >= 11 is 0.